The van der Waals surface area contributed by atoms with Gasteiger partial charge in [-0.05, 0) is 11.6 Å². The maximum absolute atomic E-state index is 11.2. The van der Waals surface area contributed by atoms with Gasteiger partial charge in [0.05, 0.1) is 18.2 Å². The number of aromatic nitrogens is 1. The van der Waals surface area contributed by atoms with Gasteiger partial charge in [-0.3, -0.25) is 15.2 Å². The van der Waals surface area contributed by atoms with Crippen LogP contribution in [-0.4, -0.2) is 33.8 Å². The molecular weight excluding hydrogens is 240 g/mol. The second kappa shape index (κ2) is 6.52. The minimum Gasteiger partial charge on any atom is -0.390 e. The van der Waals surface area contributed by atoms with Gasteiger partial charge in [-0.1, -0.05) is 5.11 Å². The summed E-state index contributed by atoms with van der Waals surface area (Å²) >= 11 is 0. The third kappa shape index (κ3) is 3.40. The maximum atomic E-state index is 11.2. The molecule has 0 saturated carbocycles. The lowest BCUT2D eigenvalue weighted by Gasteiger charge is -2.16. The maximum Gasteiger partial charge on any atom is 0.266 e. The molecule has 5 N–H and O–H groups in total. The molecule has 0 radical (unpaired) electrons. The Labute approximate surface area is 102 Å². The zero-order valence-electron chi connectivity index (χ0n) is 9.26. The molecule has 1 heterocycles. The van der Waals surface area contributed by atoms with Gasteiger partial charge in [-0.15, -0.1) is 0 Å². The van der Waals surface area contributed by atoms with Crippen LogP contribution in [0.4, 0.5) is 0 Å². The summed E-state index contributed by atoms with van der Waals surface area (Å²) in [5.41, 5.74) is 10.4. The van der Waals surface area contributed by atoms with Crippen LogP contribution in [0.5, 0.6) is 0 Å². The van der Waals surface area contributed by atoms with Crippen molar-refractivity contribution >= 4 is 5.91 Å². The topological polar surface area (TPSA) is 157 Å². The fraction of sp³-hybridized carbons (Fsp3) is 0.333. The van der Waals surface area contributed by atoms with Gasteiger partial charge < -0.3 is 10.2 Å². The molecular formula is C9H12N6O3. The lowest BCUT2D eigenvalue weighted by Crippen LogP contribution is -2.30. The first kappa shape index (κ1) is 13.9. The first-order chi connectivity index (χ1) is 8.60. The van der Waals surface area contributed by atoms with Crippen molar-refractivity contribution in [3.8, 4) is 0 Å². The predicted molar refractivity (Wildman–Crippen MR) is 60.9 cm³/mol. The number of rotatable bonds is 5. The van der Waals surface area contributed by atoms with Gasteiger partial charge in [-0.2, -0.15) is 0 Å². The third-order valence-corrected chi connectivity index (χ3v) is 2.19. The van der Waals surface area contributed by atoms with Crippen LogP contribution >= 0.6 is 0 Å². The van der Waals surface area contributed by atoms with Crippen LogP contribution in [0.15, 0.2) is 23.6 Å². The second-order valence-electron chi connectivity index (χ2n) is 3.41. The first-order valence-corrected chi connectivity index (χ1v) is 4.93. The first-order valence-electron chi connectivity index (χ1n) is 4.93. The van der Waals surface area contributed by atoms with E-state index < -0.39 is 18.1 Å². The summed E-state index contributed by atoms with van der Waals surface area (Å²) in [7, 11) is 0. The van der Waals surface area contributed by atoms with E-state index in [-0.39, 0.29) is 17.7 Å². The summed E-state index contributed by atoms with van der Waals surface area (Å²) < 4.78 is 0. The van der Waals surface area contributed by atoms with E-state index in [4.69, 9.17) is 11.4 Å². The quantitative estimate of drug-likeness (QED) is 0.137. The second-order valence-corrected chi connectivity index (χ2v) is 3.41. The molecule has 1 amide bonds. The number of azide groups is 1. The molecule has 18 heavy (non-hydrogen) atoms. The summed E-state index contributed by atoms with van der Waals surface area (Å²) in [5, 5.41) is 22.4. The van der Waals surface area contributed by atoms with Crippen LogP contribution in [0.1, 0.15) is 22.0 Å². The molecule has 9 heteroatoms. The van der Waals surface area contributed by atoms with Crippen LogP contribution < -0.4 is 11.3 Å². The largest absolute Gasteiger partial charge is 0.390 e. The number of nitrogens with zero attached hydrogens (tertiary/aromatic N) is 4. The summed E-state index contributed by atoms with van der Waals surface area (Å²) in [4.78, 5) is 17.5. The number of hydrogen-bond donors (Lipinski definition) is 4. The van der Waals surface area contributed by atoms with Crippen molar-refractivity contribution in [1.82, 2.24) is 10.4 Å². The van der Waals surface area contributed by atoms with Gasteiger partial charge in [0.25, 0.3) is 5.91 Å². The molecule has 1 aromatic heterocycles. The Balaban J connectivity index is 2.88. The lowest BCUT2D eigenvalue weighted by molar-refractivity contribution is 0.0241. The number of aliphatic hydroxyl groups is 2. The highest BCUT2D eigenvalue weighted by Crippen LogP contribution is 2.17. The van der Waals surface area contributed by atoms with E-state index in [2.05, 4.69) is 15.0 Å². The molecule has 2 unspecified atom stereocenters. The minimum atomic E-state index is -1.31. The molecule has 0 aliphatic heterocycles. The Kier molecular flexibility index (Phi) is 5.03. The van der Waals surface area contributed by atoms with Crippen LogP contribution in [0, 0.1) is 0 Å². The number of hydrogen-bond acceptors (Lipinski definition) is 6. The minimum absolute atomic E-state index is 0.144. The molecule has 0 fully saturated rings. The predicted octanol–water partition coefficient (Wildman–Crippen LogP) is -0.610. The molecule has 2 atom stereocenters. The van der Waals surface area contributed by atoms with Crippen LogP contribution in [0.2, 0.25) is 0 Å². The van der Waals surface area contributed by atoms with Crippen molar-refractivity contribution in [2.45, 2.75) is 12.2 Å². The average molecular weight is 252 g/mol. The highest BCUT2D eigenvalue weighted by molar-refractivity contribution is 5.93. The van der Waals surface area contributed by atoms with Crippen LogP contribution in [-0.2, 0) is 0 Å². The lowest BCUT2D eigenvalue weighted by atomic mass is 10.0. The SMILES string of the molecule is [N-]=[N+]=NCC(O)C(O)c1cncc(C(=O)NN)c1. The highest BCUT2D eigenvalue weighted by Gasteiger charge is 2.19. The smallest absolute Gasteiger partial charge is 0.266 e. The van der Waals surface area contributed by atoms with Crippen molar-refractivity contribution < 1.29 is 15.0 Å². The number of carbonyl (C=O) groups is 1. The van der Waals surface area contributed by atoms with E-state index in [1.54, 1.807) is 0 Å². The normalized spacial score (nSPS) is 13.3. The van der Waals surface area contributed by atoms with Gasteiger partial charge in [0.1, 0.15) is 6.10 Å². The molecule has 0 aromatic carbocycles. The fourth-order valence-electron chi connectivity index (χ4n) is 1.27. The summed E-state index contributed by atoms with van der Waals surface area (Å²) in [6.45, 7) is -0.287. The van der Waals surface area contributed by atoms with Crippen molar-refractivity contribution in [1.29, 1.82) is 0 Å². The van der Waals surface area contributed by atoms with Crippen LogP contribution in [0.3, 0.4) is 0 Å². The average Bonchev–Trinajstić information content (AvgIpc) is 2.43. The molecule has 0 saturated heterocycles. The highest BCUT2D eigenvalue weighted by atomic mass is 16.3. The van der Waals surface area contributed by atoms with E-state index in [1.807, 2.05) is 5.43 Å². The number of aliphatic hydroxyl groups excluding tert-OH is 2. The molecule has 0 aliphatic carbocycles. The number of nitrogens with two attached hydrogens (primary N) is 1. The Hall–Kier alpha value is -2.19. The monoisotopic (exact) mass is 252 g/mol. The van der Waals surface area contributed by atoms with Gasteiger partial charge in [0, 0.05) is 22.9 Å². The summed E-state index contributed by atoms with van der Waals surface area (Å²) in [6, 6.07) is 1.33. The molecule has 1 rings (SSSR count). The Morgan fingerprint density at radius 3 is 2.94 bits per heavy atom. The molecule has 0 bridgehead atoms. The summed E-state index contributed by atoms with van der Waals surface area (Å²) in [6.07, 6.45) is -0.0393. The zero-order valence-corrected chi connectivity index (χ0v) is 9.26. The number of nitrogens with one attached hydrogen (secondary N) is 1. The van der Waals surface area contributed by atoms with E-state index in [0.29, 0.717) is 0 Å². The van der Waals surface area contributed by atoms with Gasteiger partial charge in [-0.25, -0.2) is 5.84 Å². The van der Waals surface area contributed by atoms with E-state index in [9.17, 15) is 15.0 Å². The van der Waals surface area contributed by atoms with Crippen molar-refractivity contribution in [2.24, 2.45) is 11.0 Å². The number of carbonyl (C=O) groups excluding carboxylic acids is 1. The van der Waals surface area contributed by atoms with E-state index in [0.717, 1.165) is 0 Å². The molecule has 0 aliphatic rings. The Morgan fingerprint density at radius 2 is 2.33 bits per heavy atom. The van der Waals surface area contributed by atoms with Gasteiger partial charge in [0.15, 0.2) is 0 Å². The fourth-order valence-corrected chi connectivity index (χ4v) is 1.27. The van der Waals surface area contributed by atoms with Crippen molar-refractivity contribution in [3.05, 3.63) is 40.0 Å². The van der Waals surface area contributed by atoms with Gasteiger partial charge in [0.2, 0.25) is 0 Å². The molecule has 9 nitrogen and oxygen atoms in total. The van der Waals surface area contributed by atoms with E-state index in [1.165, 1.54) is 18.5 Å². The molecule has 0 spiro atoms. The van der Waals surface area contributed by atoms with E-state index >= 15 is 0 Å². The number of pyridine rings is 1. The summed E-state index contributed by atoms with van der Waals surface area (Å²) in [5.74, 6) is 4.39. The van der Waals surface area contributed by atoms with Crippen molar-refractivity contribution in [2.75, 3.05) is 6.54 Å². The van der Waals surface area contributed by atoms with Gasteiger partial charge >= 0.3 is 0 Å². The standard InChI is InChI=1S/C9H12N6O3/c10-14-9(18)6-1-5(2-12-3-6)8(17)7(16)4-13-15-11/h1-3,7-8,16-17H,4,10H2,(H,14,18). The molecule has 96 valence electrons. The number of amides is 1. The van der Waals surface area contributed by atoms with Crippen molar-refractivity contribution in [3.63, 3.8) is 0 Å². The third-order valence-electron chi connectivity index (χ3n) is 2.19. The van der Waals surface area contributed by atoms with Crippen LogP contribution in [0.25, 0.3) is 10.4 Å². The Morgan fingerprint density at radius 1 is 1.61 bits per heavy atom. The number of nitrogen functional groups attached to an aromatic ring is 1. The number of hydrazine groups is 1. The Bertz CT molecular complexity index is 473. The molecule has 1 aromatic rings. The zero-order chi connectivity index (χ0) is 13.5.